The van der Waals surface area contributed by atoms with Crippen LogP contribution >= 0.6 is 0 Å². The van der Waals surface area contributed by atoms with E-state index in [4.69, 9.17) is 10.8 Å². The third kappa shape index (κ3) is 4.45. The van der Waals surface area contributed by atoms with Crippen LogP contribution in [0.4, 0.5) is 0 Å². The zero-order valence-electron chi connectivity index (χ0n) is 11.6. The molecule has 2 unspecified atom stereocenters. The number of amides is 1. The summed E-state index contributed by atoms with van der Waals surface area (Å²) >= 11 is 0. The first-order valence-corrected chi connectivity index (χ1v) is 8.55. The van der Waals surface area contributed by atoms with Crippen molar-refractivity contribution in [2.45, 2.75) is 32.2 Å². The number of carboxylic acids is 1. The Kier molecular flexibility index (Phi) is 5.94. The Labute approximate surface area is 119 Å². The van der Waals surface area contributed by atoms with Gasteiger partial charge in [0.15, 0.2) is 9.84 Å². The zero-order chi connectivity index (χ0) is 15.3. The van der Waals surface area contributed by atoms with Gasteiger partial charge >= 0.3 is 5.97 Å². The number of carboxylic acid groups (broad SMARTS) is 1. The summed E-state index contributed by atoms with van der Waals surface area (Å²) in [6, 6.07) is -0.787. The molecule has 116 valence electrons. The van der Waals surface area contributed by atoms with E-state index in [9.17, 15) is 18.0 Å². The fourth-order valence-electron chi connectivity index (χ4n) is 2.47. The minimum absolute atomic E-state index is 0.0549. The molecule has 0 aromatic rings. The Balaban J connectivity index is 2.89. The molecule has 1 saturated heterocycles. The van der Waals surface area contributed by atoms with Crippen LogP contribution in [0.3, 0.4) is 0 Å². The maximum atomic E-state index is 12.4. The maximum Gasteiger partial charge on any atom is 0.305 e. The van der Waals surface area contributed by atoms with Gasteiger partial charge in [-0.2, -0.15) is 0 Å². The van der Waals surface area contributed by atoms with Crippen molar-refractivity contribution >= 4 is 21.7 Å². The topological polar surface area (TPSA) is 118 Å². The molecule has 0 bridgehead atoms. The molecule has 3 N–H and O–H groups in total. The SMILES string of the molecule is CCCC(CN)C(=O)N1CCS(=O)(=O)CC1CC(=O)O. The summed E-state index contributed by atoms with van der Waals surface area (Å²) in [7, 11) is -3.28. The lowest BCUT2D eigenvalue weighted by Gasteiger charge is -2.36. The smallest absolute Gasteiger partial charge is 0.305 e. The quantitative estimate of drug-likeness (QED) is 0.680. The van der Waals surface area contributed by atoms with Gasteiger partial charge in [0.2, 0.25) is 5.91 Å². The molecule has 0 spiro atoms. The second-order valence-electron chi connectivity index (χ2n) is 5.12. The van der Waals surface area contributed by atoms with Crippen LogP contribution in [0, 0.1) is 5.92 Å². The van der Waals surface area contributed by atoms with E-state index in [1.807, 2.05) is 6.92 Å². The molecule has 0 aromatic heterocycles. The van der Waals surface area contributed by atoms with Crippen LogP contribution in [-0.4, -0.2) is 60.9 Å². The molecule has 1 rings (SSSR count). The molecule has 0 aliphatic carbocycles. The number of hydrogen-bond acceptors (Lipinski definition) is 5. The van der Waals surface area contributed by atoms with Gasteiger partial charge in [0.25, 0.3) is 0 Å². The Bertz CT molecular complexity index is 462. The molecule has 0 radical (unpaired) electrons. The van der Waals surface area contributed by atoms with Gasteiger partial charge < -0.3 is 15.7 Å². The highest BCUT2D eigenvalue weighted by Gasteiger charge is 2.37. The van der Waals surface area contributed by atoms with Crippen molar-refractivity contribution in [3.8, 4) is 0 Å². The van der Waals surface area contributed by atoms with Crippen LogP contribution in [0.25, 0.3) is 0 Å². The summed E-state index contributed by atoms with van der Waals surface area (Å²) in [5, 5.41) is 8.88. The Morgan fingerprint density at radius 3 is 2.60 bits per heavy atom. The highest BCUT2D eigenvalue weighted by Crippen LogP contribution is 2.19. The lowest BCUT2D eigenvalue weighted by atomic mass is 10.0. The number of hydrogen-bond donors (Lipinski definition) is 2. The molecular weight excluding hydrogens is 284 g/mol. The highest BCUT2D eigenvalue weighted by atomic mass is 32.2. The molecular formula is C12H22N2O5S. The molecule has 1 heterocycles. The van der Waals surface area contributed by atoms with Crippen LogP contribution in [-0.2, 0) is 19.4 Å². The van der Waals surface area contributed by atoms with Crippen molar-refractivity contribution in [2.75, 3.05) is 24.6 Å². The maximum absolute atomic E-state index is 12.4. The van der Waals surface area contributed by atoms with Gasteiger partial charge in [-0.1, -0.05) is 13.3 Å². The van der Waals surface area contributed by atoms with Gasteiger partial charge in [0.1, 0.15) is 0 Å². The van der Waals surface area contributed by atoms with Gasteiger partial charge in [-0.25, -0.2) is 8.42 Å². The fourth-order valence-corrected chi connectivity index (χ4v) is 4.00. The third-order valence-corrected chi connectivity index (χ3v) is 5.19. The van der Waals surface area contributed by atoms with Crippen molar-refractivity contribution in [3.63, 3.8) is 0 Å². The first-order chi connectivity index (χ1) is 9.30. The minimum Gasteiger partial charge on any atom is -0.481 e. The number of aliphatic carboxylic acids is 1. The molecule has 1 amide bonds. The van der Waals surface area contributed by atoms with Crippen molar-refractivity contribution in [2.24, 2.45) is 11.7 Å². The first kappa shape index (κ1) is 16.9. The number of carbonyl (C=O) groups is 2. The summed E-state index contributed by atoms with van der Waals surface area (Å²) < 4.78 is 23.2. The van der Waals surface area contributed by atoms with Gasteiger partial charge in [0, 0.05) is 13.1 Å². The average Bonchev–Trinajstić information content (AvgIpc) is 2.33. The van der Waals surface area contributed by atoms with Gasteiger partial charge in [-0.15, -0.1) is 0 Å². The molecule has 2 atom stereocenters. The van der Waals surface area contributed by atoms with Crippen LogP contribution in [0.5, 0.6) is 0 Å². The molecule has 7 nitrogen and oxygen atoms in total. The van der Waals surface area contributed by atoms with Crippen LogP contribution in [0.2, 0.25) is 0 Å². The molecule has 1 aliphatic heterocycles. The normalized spacial score (nSPS) is 23.3. The second-order valence-corrected chi connectivity index (χ2v) is 7.35. The molecule has 1 aliphatic rings. The molecule has 0 aromatic carbocycles. The van der Waals surface area contributed by atoms with E-state index in [2.05, 4.69) is 0 Å². The van der Waals surface area contributed by atoms with Crippen LogP contribution in [0.15, 0.2) is 0 Å². The Hall–Kier alpha value is -1.15. The lowest BCUT2D eigenvalue weighted by molar-refractivity contribution is -0.142. The number of nitrogens with zero attached hydrogens (tertiary/aromatic N) is 1. The van der Waals surface area contributed by atoms with E-state index in [-0.39, 0.29) is 42.8 Å². The lowest BCUT2D eigenvalue weighted by Crippen LogP contribution is -2.54. The Morgan fingerprint density at radius 1 is 1.45 bits per heavy atom. The van der Waals surface area contributed by atoms with Gasteiger partial charge in [-0.05, 0) is 6.42 Å². The van der Waals surface area contributed by atoms with Crippen molar-refractivity contribution in [3.05, 3.63) is 0 Å². The second kappa shape index (κ2) is 7.03. The van der Waals surface area contributed by atoms with Crippen LogP contribution in [0.1, 0.15) is 26.2 Å². The summed E-state index contributed by atoms with van der Waals surface area (Å²) in [5.41, 5.74) is 5.58. The summed E-state index contributed by atoms with van der Waals surface area (Å²) in [5.74, 6) is -2.09. The van der Waals surface area contributed by atoms with Gasteiger partial charge in [-0.3, -0.25) is 9.59 Å². The Morgan fingerprint density at radius 2 is 2.10 bits per heavy atom. The van der Waals surface area contributed by atoms with Crippen molar-refractivity contribution in [1.82, 2.24) is 4.90 Å². The standard InChI is InChI=1S/C12H22N2O5S/c1-2-3-9(7-13)12(17)14-4-5-20(18,19)8-10(14)6-11(15)16/h9-10H,2-8,13H2,1H3,(H,15,16). The first-order valence-electron chi connectivity index (χ1n) is 6.73. The largest absolute Gasteiger partial charge is 0.481 e. The summed E-state index contributed by atoms with van der Waals surface area (Å²) in [6.07, 6.45) is 1.07. The van der Waals surface area contributed by atoms with E-state index in [1.165, 1.54) is 4.90 Å². The van der Waals surface area contributed by atoms with E-state index in [1.54, 1.807) is 0 Å². The average molecular weight is 306 g/mol. The predicted octanol–water partition coefficient (Wildman–Crippen LogP) is -0.538. The van der Waals surface area contributed by atoms with E-state index in [0.29, 0.717) is 6.42 Å². The predicted molar refractivity (Wildman–Crippen MR) is 73.9 cm³/mol. The molecule has 20 heavy (non-hydrogen) atoms. The molecule has 1 fully saturated rings. The monoisotopic (exact) mass is 306 g/mol. The summed E-state index contributed by atoms with van der Waals surface area (Å²) in [4.78, 5) is 24.6. The number of sulfone groups is 1. The minimum atomic E-state index is -3.28. The van der Waals surface area contributed by atoms with E-state index >= 15 is 0 Å². The number of nitrogens with two attached hydrogens (primary N) is 1. The highest BCUT2D eigenvalue weighted by molar-refractivity contribution is 7.91. The van der Waals surface area contributed by atoms with Crippen molar-refractivity contribution < 1.29 is 23.1 Å². The zero-order valence-corrected chi connectivity index (χ0v) is 12.4. The number of rotatable bonds is 6. The fraction of sp³-hybridized carbons (Fsp3) is 0.833. The summed E-state index contributed by atoms with van der Waals surface area (Å²) in [6.45, 7) is 2.18. The van der Waals surface area contributed by atoms with Crippen LogP contribution < -0.4 is 5.73 Å². The van der Waals surface area contributed by atoms with Gasteiger partial charge in [0.05, 0.1) is 29.9 Å². The molecule has 8 heteroatoms. The number of carbonyl (C=O) groups excluding carboxylic acids is 1. The van der Waals surface area contributed by atoms with E-state index in [0.717, 1.165) is 6.42 Å². The van der Waals surface area contributed by atoms with Crippen molar-refractivity contribution in [1.29, 1.82) is 0 Å². The third-order valence-electron chi connectivity index (χ3n) is 3.49. The van der Waals surface area contributed by atoms with E-state index < -0.39 is 21.8 Å². The molecule has 0 saturated carbocycles.